The lowest BCUT2D eigenvalue weighted by atomic mass is 10.0. The molecule has 0 heterocycles. The summed E-state index contributed by atoms with van der Waals surface area (Å²) in [4.78, 5) is 10.4. The van der Waals surface area contributed by atoms with Gasteiger partial charge in [0.25, 0.3) is 0 Å². The highest BCUT2D eigenvalue weighted by atomic mass is 16.4. The largest absolute Gasteiger partial charge is 0.481 e. The van der Waals surface area contributed by atoms with Crippen molar-refractivity contribution in [2.45, 2.75) is 70.5 Å². The molecule has 0 spiro atoms. The molecule has 0 saturated carbocycles. The van der Waals surface area contributed by atoms with E-state index in [4.69, 9.17) is 5.11 Å². The van der Waals surface area contributed by atoms with E-state index in [2.05, 4.69) is 43.4 Å². The number of carboxylic acids is 1. The van der Waals surface area contributed by atoms with E-state index in [9.17, 15) is 15.0 Å². The first kappa shape index (κ1) is 22.4. The van der Waals surface area contributed by atoms with Crippen molar-refractivity contribution < 1.29 is 20.1 Å². The van der Waals surface area contributed by atoms with E-state index in [1.54, 1.807) is 0 Å². The molecular formula is C20H32O4. The molecule has 0 aliphatic carbocycles. The lowest BCUT2D eigenvalue weighted by Gasteiger charge is -2.15. The number of hydrogen-bond acceptors (Lipinski definition) is 3. The summed E-state index contributed by atoms with van der Waals surface area (Å²) in [7, 11) is 0. The average Bonchev–Trinajstić information content (AvgIpc) is 2.55. The summed E-state index contributed by atoms with van der Waals surface area (Å²) in [6.45, 7) is 2.12. The maximum Gasteiger partial charge on any atom is 0.303 e. The van der Waals surface area contributed by atoms with Crippen LogP contribution in [0.5, 0.6) is 0 Å². The molecule has 3 N–H and O–H groups in total. The SMILES string of the molecule is CCC=CCC=CCC=CCC=CCC(O)C(O)CCCC(=O)O. The highest BCUT2D eigenvalue weighted by Gasteiger charge is 2.14. The molecule has 0 bridgehead atoms. The van der Waals surface area contributed by atoms with Gasteiger partial charge in [-0.05, 0) is 44.9 Å². The van der Waals surface area contributed by atoms with Crippen LogP contribution in [0.2, 0.25) is 0 Å². The molecule has 0 aromatic carbocycles. The Morgan fingerprint density at radius 1 is 0.833 bits per heavy atom. The van der Waals surface area contributed by atoms with Gasteiger partial charge in [0.15, 0.2) is 0 Å². The Morgan fingerprint density at radius 3 is 1.83 bits per heavy atom. The highest BCUT2D eigenvalue weighted by Crippen LogP contribution is 2.09. The summed E-state index contributed by atoms with van der Waals surface area (Å²) in [5, 5.41) is 28.0. The Balaban J connectivity index is 3.70. The molecule has 4 nitrogen and oxygen atoms in total. The number of aliphatic hydroxyl groups excluding tert-OH is 2. The van der Waals surface area contributed by atoms with E-state index in [0.717, 1.165) is 25.7 Å². The molecule has 24 heavy (non-hydrogen) atoms. The molecule has 136 valence electrons. The minimum absolute atomic E-state index is 0.0216. The van der Waals surface area contributed by atoms with Crippen molar-refractivity contribution in [3.8, 4) is 0 Å². The van der Waals surface area contributed by atoms with Gasteiger partial charge in [-0.2, -0.15) is 0 Å². The van der Waals surface area contributed by atoms with Gasteiger partial charge in [0, 0.05) is 6.42 Å². The molecule has 2 unspecified atom stereocenters. The fraction of sp³-hybridized carbons (Fsp3) is 0.550. The van der Waals surface area contributed by atoms with Gasteiger partial charge in [-0.25, -0.2) is 0 Å². The summed E-state index contributed by atoms with van der Waals surface area (Å²) in [6.07, 6.45) is 19.7. The third kappa shape index (κ3) is 15.3. The van der Waals surface area contributed by atoms with E-state index < -0.39 is 18.2 Å². The average molecular weight is 336 g/mol. The maximum atomic E-state index is 10.4. The molecule has 0 aliphatic rings. The standard InChI is InChI=1S/C20H32O4/c1-2-3-4-5-6-7-8-9-10-11-12-13-15-18(21)19(22)16-14-17-20(23)24/h3-4,6-7,9-10,12-13,18-19,21-22H,2,5,8,11,14-17H2,1H3,(H,23,24). The zero-order chi connectivity index (χ0) is 18.0. The first-order valence-electron chi connectivity index (χ1n) is 8.75. The molecule has 4 heteroatoms. The van der Waals surface area contributed by atoms with Gasteiger partial charge in [0.2, 0.25) is 0 Å². The van der Waals surface area contributed by atoms with Crippen molar-refractivity contribution in [3.63, 3.8) is 0 Å². The summed E-state index contributed by atoms with van der Waals surface area (Å²) < 4.78 is 0. The fourth-order valence-corrected chi connectivity index (χ4v) is 2.03. The Labute approximate surface area is 145 Å². The van der Waals surface area contributed by atoms with Crippen molar-refractivity contribution in [1.29, 1.82) is 0 Å². The van der Waals surface area contributed by atoms with Crippen molar-refractivity contribution in [2.24, 2.45) is 0 Å². The molecule has 0 aromatic rings. The van der Waals surface area contributed by atoms with Crippen LogP contribution in [0.15, 0.2) is 48.6 Å². The molecule has 0 aromatic heterocycles. The summed E-state index contributed by atoms with van der Waals surface area (Å²) in [6, 6.07) is 0. The van der Waals surface area contributed by atoms with Gasteiger partial charge in [-0.1, -0.05) is 55.5 Å². The van der Waals surface area contributed by atoms with Gasteiger partial charge in [-0.15, -0.1) is 0 Å². The number of aliphatic hydroxyl groups is 2. The minimum Gasteiger partial charge on any atom is -0.481 e. The summed E-state index contributed by atoms with van der Waals surface area (Å²) >= 11 is 0. The van der Waals surface area contributed by atoms with E-state index in [-0.39, 0.29) is 6.42 Å². The van der Waals surface area contributed by atoms with Crippen LogP contribution >= 0.6 is 0 Å². The monoisotopic (exact) mass is 336 g/mol. The van der Waals surface area contributed by atoms with Crippen LogP contribution in [0.1, 0.15) is 58.3 Å². The van der Waals surface area contributed by atoms with E-state index >= 15 is 0 Å². The van der Waals surface area contributed by atoms with Gasteiger partial charge in [0.1, 0.15) is 0 Å². The van der Waals surface area contributed by atoms with E-state index in [0.29, 0.717) is 19.3 Å². The molecular weight excluding hydrogens is 304 g/mol. The normalized spacial score (nSPS) is 15.1. The lowest BCUT2D eigenvalue weighted by Crippen LogP contribution is -2.25. The predicted octanol–water partition coefficient (Wildman–Crippen LogP) is 4.16. The Bertz CT molecular complexity index is 421. The van der Waals surface area contributed by atoms with Crippen molar-refractivity contribution in [2.75, 3.05) is 0 Å². The van der Waals surface area contributed by atoms with Crippen LogP contribution in [0.4, 0.5) is 0 Å². The predicted molar refractivity (Wildman–Crippen MR) is 98.8 cm³/mol. The molecule has 0 radical (unpaired) electrons. The summed E-state index contributed by atoms with van der Waals surface area (Å²) in [5.74, 6) is -0.879. The van der Waals surface area contributed by atoms with Crippen LogP contribution in [-0.4, -0.2) is 33.5 Å². The zero-order valence-corrected chi connectivity index (χ0v) is 14.7. The van der Waals surface area contributed by atoms with Crippen molar-refractivity contribution in [1.82, 2.24) is 0 Å². The van der Waals surface area contributed by atoms with Gasteiger partial charge >= 0.3 is 5.97 Å². The third-order valence-electron chi connectivity index (χ3n) is 3.43. The highest BCUT2D eigenvalue weighted by molar-refractivity contribution is 5.66. The number of carbonyl (C=O) groups is 1. The second kappa shape index (κ2) is 16.2. The van der Waals surface area contributed by atoms with Gasteiger partial charge < -0.3 is 15.3 Å². The number of allylic oxidation sites excluding steroid dienone is 7. The second-order valence-electron chi connectivity index (χ2n) is 5.66. The smallest absolute Gasteiger partial charge is 0.303 e. The Kier molecular flexibility index (Phi) is 15.1. The molecule has 2 atom stereocenters. The molecule has 0 amide bonds. The lowest BCUT2D eigenvalue weighted by molar-refractivity contribution is -0.137. The van der Waals surface area contributed by atoms with Crippen LogP contribution in [0, 0.1) is 0 Å². The molecule has 0 saturated heterocycles. The topological polar surface area (TPSA) is 77.8 Å². The first-order chi connectivity index (χ1) is 11.6. The van der Waals surface area contributed by atoms with Crippen LogP contribution < -0.4 is 0 Å². The number of hydrogen-bond donors (Lipinski definition) is 3. The first-order valence-corrected chi connectivity index (χ1v) is 8.75. The number of aliphatic carboxylic acids is 1. The van der Waals surface area contributed by atoms with Crippen molar-refractivity contribution >= 4 is 5.97 Å². The quantitative estimate of drug-likeness (QED) is 0.416. The van der Waals surface area contributed by atoms with Gasteiger partial charge in [-0.3, -0.25) is 4.79 Å². The van der Waals surface area contributed by atoms with Crippen LogP contribution in [-0.2, 0) is 4.79 Å². The van der Waals surface area contributed by atoms with E-state index in [1.165, 1.54) is 0 Å². The van der Waals surface area contributed by atoms with E-state index in [1.807, 2.05) is 12.2 Å². The Morgan fingerprint density at radius 2 is 1.33 bits per heavy atom. The number of carboxylic acid groups (broad SMARTS) is 1. The molecule has 0 fully saturated rings. The molecule has 0 rings (SSSR count). The number of rotatable bonds is 14. The maximum absolute atomic E-state index is 10.4. The second-order valence-corrected chi connectivity index (χ2v) is 5.66. The van der Waals surface area contributed by atoms with Crippen molar-refractivity contribution in [3.05, 3.63) is 48.6 Å². The summed E-state index contributed by atoms with van der Waals surface area (Å²) in [5.41, 5.74) is 0. The van der Waals surface area contributed by atoms with Gasteiger partial charge in [0.05, 0.1) is 12.2 Å². The fourth-order valence-electron chi connectivity index (χ4n) is 2.03. The zero-order valence-electron chi connectivity index (χ0n) is 14.7. The van der Waals surface area contributed by atoms with Crippen LogP contribution in [0.25, 0.3) is 0 Å². The van der Waals surface area contributed by atoms with Crippen LogP contribution in [0.3, 0.4) is 0 Å². The third-order valence-corrected chi connectivity index (χ3v) is 3.43. The molecule has 0 aliphatic heterocycles. The Hall–Kier alpha value is -1.65. The minimum atomic E-state index is -0.879.